The Labute approximate surface area is 337 Å². The highest BCUT2D eigenvalue weighted by atomic mass is 16.5. The third-order valence-corrected chi connectivity index (χ3v) is 8.54. The van der Waals surface area contributed by atoms with Crippen molar-refractivity contribution < 1.29 is 4.74 Å². The molecule has 2 aromatic rings. The van der Waals surface area contributed by atoms with Crippen LogP contribution in [-0.2, 0) is 17.7 Å². The Morgan fingerprint density at radius 2 is 1.52 bits per heavy atom. The fourth-order valence-electron chi connectivity index (χ4n) is 6.24. The first-order valence-corrected chi connectivity index (χ1v) is 21.5. The minimum Gasteiger partial charge on any atom is -0.399 e. The molecule has 54 heavy (non-hydrogen) atoms. The molecule has 314 valence electrons. The van der Waals surface area contributed by atoms with Crippen molar-refractivity contribution in [1.82, 2.24) is 9.88 Å². The summed E-state index contributed by atoms with van der Waals surface area (Å²) in [6, 6.07) is 6.45. The number of nitrogens with zero attached hydrogens (tertiary/aromatic N) is 1. The minimum absolute atomic E-state index is 0.0736. The maximum atomic E-state index is 5.90. The second-order valence-corrected chi connectivity index (χ2v) is 16.2. The van der Waals surface area contributed by atoms with Gasteiger partial charge < -0.3 is 26.1 Å². The van der Waals surface area contributed by atoms with E-state index in [1.54, 1.807) is 0 Å². The van der Waals surface area contributed by atoms with Crippen LogP contribution < -0.4 is 16.8 Å². The molecule has 0 radical (unpaired) electrons. The normalized spacial score (nSPS) is 11.6. The van der Waals surface area contributed by atoms with Gasteiger partial charge in [0.1, 0.15) is 0 Å². The summed E-state index contributed by atoms with van der Waals surface area (Å²) in [4.78, 5) is 0. The van der Waals surface area contributed by atoms with E-state index in [1.165, 1.54) is 79.7 Å². The molecular formula is C49H92N4O. The molecular weight excluding hydrogens is 661 g/mol. The van der Waals surface area contributed by atoms with Crippen LogP contribution in [0.25, 0.3) is 22.7 Å². The number of nitrogens with one attached hydrogen (secondary N) is 1. The number of rotatable bonds is 18. The largest absolute Gasteiger partial charge is 0.399 e. The number of hydrogen-bond acceptors (Lipinski definition) is 4. The molecule has 0 atom stereocenters. The van der Waals surface area contributed by atoms with Gasteiger partial charge in [0.05, 0.1) is 5.60 Å². The van der Waals surface area contributed by atoms with Gasteiger partial charge in [-0.3, -0.25) is 0 Å². The first-order valence-electron chi connectivity index (χ1n) is 21.5. The Balaban J connectivity index is -0.000000703. The Bertz CT molecular complexity index is 1250. The molecule has 0 spiro atoms. The van der Waals surface area contributed by atoms with Gasteiger partial charge in [-0.25, -0.2) is 0 Å². The van der Waals surface area contributed by atoms with Crippen molar-refractivity contribution in [2.45, 2.75) is 172 Å². The summed E-state index contributed by atoms with van der Waals surface area (Å²) < 4.78 is 8.12. The standard InChI is InChI=1S/C20H25N3.C10H22O.C9H18.C6H14.C3H8.CH5N/c1-4-15-6-8-17-18-9-7-16(14(2)21)13-20(18)23(19(17)12-15)11-5-10-22-3;1-6-7-11-10(4,5)8-9(2)3;1-4-5-6-7-8-9(2)3;1-4-5-6(2)3;1-3-2;1-2/h4,7,9,12-13,22H,1-2,5-6,8,10-11,21H2,3H3;9H,6-8H2,1-5H3;4,9H,1,5-8H2,2-3H3;6H,4-5H2,1-3H3;3H2,1-2H3;2H2,1H3. The van der Waals surface area contributed by atoms with E-state index in [0.29, 0.717) is 5.70 Å². The van der Waals surface area contributed by atoms with E-state index in [-0.39, 0.29) is 5.60 Å². The van der Waals surface area contributed by atoms with Gasteiger partial charge in [0.25, 0.3) is 0 Å². The van der Waals surface area contributed by atoms with Gasteiger partial charge in [-0.05, 0) is 126 Å². The molecule has 0 bridgehead atoms. The van der Waals surface area contributed by atoms with Gasteiger partial charge in [-0.1, -0.05) is 139 Å². The molecule has 3 rings (SSSR count). The number of hydrogen-bond donors (Lipinski definition) is 3. The number of benzene rings is 1. The lowest BCUT2D eigenvalue weighted by molar-refractivity contribution is -0.0309. The van der Waals surface area contributed by atoms with Crippen LogP contribution in [0.4, 0.5) is 0 Å². The summed E-state index contributed by atoms with van der Waals surface area (Å²) in [7, 11) is 3.50. The summed E-state index contributed by atoms with van der Waals surface area (Å²) in [6.45, 7) is 40.9. The summed E-state index contributed by atoms with van der Waals surface area (Å²) in [5, 5.41) is 4.57. The molecule has 1 aromatic heterocycles. The molecule has 0 saturated heterocycles. The number of allylic oxidation sites excluding steroid dienone is 3. The molecule has 1 aromatic carbocycles. The highest BCUT2D eigenvalue weighted by Gasteiger charge is 2.20. The van der Waals surface area contributed by atoms with Crippen molar-refractivity contribution >= 4 is 22.7 Å². The van der Waals surface area contributed by atoms with E-state index in [2.05, 4.69) is 143 Å². The lowest BCUT2D eigenvalue weighted by Gasteiger charge is -2.26. The molecule has 0 fully saturated rings. The Hall–Kier alpha value is -2.60. The molecule has 1 heterocycles. The van der Waals surface area contributed by atoms with Crippen molar-refractivity contribution in [3.05, 3.63) is 72.5 Å². The number of aryl methyl sites for hydroxylation is 2. The van der Waals surface area contributed by atoms with Gasteiger partial charge in [0.15, 0.2) is 0 Å². The van der Waals surface area contributed by atoms with Crippen LogP contribution in [0.5, 0.6) is 0 Å². The van der Waals surface area contributed by atoms with Crippen LogP contribution >= 0.6 is 0 Å². The van der Waals surface area contributed by atoms with Crippen molar-refractivity contribution in [3.63, 3.8) is 0 Å². The molecule has 5 heteroatoms. The number of nitrogens with two attached hydrogens (primary N) is 2. The average molecular weight is 753 g/mol. The van der Waals surface area contributed by atoms with E-state index in [1.807, 2.05) is 19.2 Å². The maximum absolute atomic E-state index is 5.90. The summed E-state index contributed by atoms with van der Waals surface area (Å²) in [5.74, 6) is 2.49. The second kappa shape index (κ2) is 34.9. The van der Waals surface area contributed by atoms with Crippen LogP contribution in [0, 0.1) is 17.8 Å². The van der Waals surface area contributed by atoms with Crippen LogP contribution in [-0.4, -0.2) is 37.4 Å². The van der Waals surface area contributed by atoms with Crippen molar-refractivity contribution in [1.29, 1.82) is 0 Å². The first kappa shape index (κ1) is 55.7. The smallest absolute Gasteiger partial charge is 0.0628 e. The second-order valence-electron chi connectivity index (χ2n) is 16.2. The lowest BCUT2D eigenvalue weighted by Crippen LogP contribution is -2.26. The predicted octanol–water partition coefficient (Wildman–Crippen LogP) is 13.8. The molecule has 1 aliphatic rings. The van der Waals surface area contributed by atoms with Crippen molar-refractivity contribution in [2.24, 2.45) is 29.2 Å². The van der Waals surface area contributed by atoms with Crippen LogP contribution in [0.1, 0.15) is 171 Å². The Morgan fingerprint density at radius 1 is 0.907 bits per heavy atom. The fraction of sp³-hybridized carbons (Fsp3) is 0.673. The van der Waals surface area contributed by atoms with Gasteiger partial charge in [-0.15, -0.1) is 6.58 Å². The molecule has 5 nitrogen and oxygen atoms in total. The third kappa shape index (κ3) is 27.1. The molecule has 1 aliphatic carbocycles. The summed E-state index contributed by atoms with van der Waals surface area (Å²) in [5.41, 5.74) is 17.5. The predicted molar refractivity (Wildman–Crippen MR) is 249 cm³/mol. The van der Waals surface area contributed by atoms with Gasteiger partial charge in [-0.2, -0.15) is 0 Å². The fourth-order valence-corrected chi connectivity index (χ4v) is 6.24. The zero-order valence-corrected chi connectivity index (χ0v) is 38.4. The average Bonchev–Trinajstić information content (AvgIpc) is 3.42. The third-order valence-electron chi connectivity index (χ3n) is 8.54. The number of fused-ring (bicyclic) bond motifs is 3. The van der Waals surface area contributed by atoms with Gasteiger partial charge >= 0.3 is 0 Å². The molecule has 0 amide bonds. The summed E-state index contributed by atoms with van der Waals surface area (Å²) >= 11 is 0. The molecule has 0 aliphatic heterocycles. The Kier molecular flexibility index (Phi) is 36.0. The monoisotopic (exact) mass is 753 g/mol. The van der Waals surface area contributed by atoms with E-state index < -0.39 is 0 Å². The van der Waals surface area contributed by atoms with Crippen LogP contribution in [0.15, 0.2) is 55.7 Å². The van der Waals surface area contributed by atoms with E-state index in [4.69, 9.17) is 10.5 Å². The minimum atomic E-state index is 0.0736. The van der Waals surface area contributed by atoms with E-state index in [9.17, 15) is 0 Å². The molecule has 0 saturated carbocycles. The lowest BCUT2D eigenvalue weighted by atomic mass is 9.95. The highest BCUT2D eigenvalue weighted by Crippen LogP contribution is 2.35. The number of aromatic nitrogens is 1. The van der Waals surface area contributed by atoms with Gasteiger partial charge in [0.2, 0.25) is 0 Å². The quantitative estimate of drug-likeness (QED) is 0.105. The highest BCUT2D eigenvalue weighted by molar-refractivity contribution is 5.91. The van der Waals surface area contributed by atoms with Crippen LogP contribution in [0.2, 0.25) is 0 Å². The zero-order valence-electron chi connectivity index (χ0n) is 38.4. The van der Waals surface area contributed by atoms with Crippen molar-refractivity contribution in [2.75, 3.05) is 27.2 Å². The molecule has 0 unspecified atom stereocenters. The van der Waals surface area contributed by atoms with Gasteiger partial charge in [0, 0.05) is 35.4 Å². The van der Waals surface area contributed by atoms with Crippen molar-refractivity contribution in [3.8, 4) is 0 Å². The van der Waals surface area contributed by atoms with Crippen LogP contribution in [0.3, 0.4) is 0 Å². The van der Waals surface area contributed by atoms with E-state index in [0.717, 1.165) is 75.1 Å². The maximum Gasteiger partial charge on any atom is 0.0628 e. The zero-order chi connectivity index (χ0) is 42.1. The first-order chi connectivity index (χ1) is 25.6. The SMILES string of the molecule is C=CC1=Cc2c(c3ccc(C(=C)N)cc3n2CCCNC)CC1.C=CCCCCC(C)C.CCC.CCCC(C)C.CCCOC(C)(C)CC(C)C.CN. The summed E-state index contributed by atoms with van der Waals surface area (Å²) in [6.07, 6.45) is 21.0. The Morgan fingerprint density at radius 3 is 1.96 bits per heavy atom. The topological polar surface area (TPSA) is 78.2 Å². The molecule has 5 N–H and O–H groups in total. The number of ether oxygens (including phenoxy) is 1. The number of unbranched alkanes of at least 4 members (excludes halogenated alkanes) is 2. The van der Waals surface area contributed by atoms with E-state index >= 15 is 0 Å².